The maximum Gasteiger partial charge on any atom is 0.416 e. The molecule has 0 aromatic heterocycles. The Balaban J connectivity index is 1.58. The average Bonchev–Trinajstić information content (AvgIpc) is 3.04. The predicted molar refractivity (Wildman–Crippen MR) is 83.9 cm³/mol. The topological polar surface area (TPSA) is 69.6 Å². The van der Waals surface area contributed by atoms with Gasteiger partial charge in [0.25, 0.3) is 0 Å². The largest absolute Gasteiger partial charge is 0.481 e. The van der Waals surface area contributed by atoms with Crippen LogP contribution in [0.2, 0.25) is 0 Å². The fourth-order valence-electron chi connectivity index (χ4n) is 4.01. The summed E-state index contributed by atoms with van der Waals surface area (Å²) in [6.07, 6.45) is -2.04. The molecule has 2 N–H and O–H groups in total. The monoisotopic (exact) mass is 356 g/mol. The van der Waals surface area contributed by atoms with Gasteiger partial charge in [0.05, 0.1) is 17.5 Å². The number of hydrogen-bond acceptors (Lipinski definition) is 3. The number of nitrogens with one attached hydrogen (secondary N) is 1. The Hall–Kier alpha value is -2.09. The van der Waals surface area contributed by atoms with Crippen LogP contribution in [-0.2, 0) is 15.8 Å². The number of fused-ring (bicyclic) bond motifs is 1. The third-order valence-electron chi connectivity index (χ3n) is 5.23. The van der Waals surface area contributed by atoms with Gasteiger partial charge in [-0.25, -0.2) is 0 Å². The van der Waals surface area contributed by atoms with E-state index < -0.39 is 23.1 Å². The van der Waals surface area contributed by atoms with E-state index in [0.29, 0.717) is 19.5 Å². The van der Waals surface area contributed by atoms with Crippen molar-refractivity contribution >= 4 is 17.6 Å². The first-order valence-electron chi connectivity index (χ1n) is 8.13. The van der Waals surface area contributed by atoms with Crippen LogP contribution in [0.1, 0.15) is 24.8 Å². The second-order valence-corrected chi connectivity index (χ2v) is 6.84. The number of likely N-dealkylation sites (tertiary alicyclic amines) is 1. The quantitative estimate of drug-likeness (QED) is 0.870. The van der Waals surface area contributed by atoms with Gasteiger partial charge >= 0.3 is 12.1 Å². The number of alkyl halides is 3. The van der Waals surface area contributed by atoms with Crippen LogP contribution in [0.5, 0.6) is 0 Å². The van der Waals surface area contributed by atoms with Crippen LogP contribution in [-0.4, -0.2) is 41.5 Å². The fraction of sp³-hybridized carbons (Fsp3) is 0.529. The minimum atomic E-state index is -4.42. The number of carboxylic acids is 1. The van der Waals surface area contributed by atoms with Crippen molar-refractivity contribution in [3.05, 3.63) is 29.8 Å². The molecule has 0 spiro atoms. The fourth-order valence-corrected chi connectivity index (χ4v) is 4.01. The Kier molecular flexibility index (Phi) is 4.49. The summed E-state index contributed by atoms with van der Waals surface area (Å²) in [5, 5.41) is 12.1. The summed E-state index contributed by atoms with van der Waals surface area (Å²) >= 11 is 0. The number of amides is 1. The average molecular weight is 356 g/mol. The number of halogens is 3. The molecule has 1 heterocycles. The number of hydrogen-bond donors (Lipinski definition) is 2. The van der Waals surface area contributed by atoms with Crippen molar-refractivity contribution in [2.45, 2.75) is 25.4 Å². The molecule has 25 heavy (non-hydrogen) atoms. The maximum atomic E-state index is 12.5. The minimum absolute atomic E-state index is 0.0343. The number of carboxylic acid groups (broad SMARTS) is 1. The van der Waals surface area contributed by atoms with Crippen LogP contribution in [0.3, 0.4) is 0 Å². The van der Waals surface area contributed by atoms with Crippen molar-refractivity contribution in [2.75, 3.05) is 25.0 Å². The molecule has 1 amide bonds. The van der Waals surface area contributed by atoms with Crippen LogP contribution < -0.4 is 5.32 Å². The van der Waals surface area contributed by atoms with Gasteiger partial charge in [0.15, 0.2) is 0 Å². The van der Waals surface area contributed by atoms with E-state index in [1.807, 2.05) is 4.90 Å². The third kappa shape index (κ3) is 3.49. The Morgan fingerprint density at radius 3 is 2.52 bits per heavy atom. The molecule has 1 saturated carbocycles. The highest BCUT2D eigenvalue weighted by atomic mass is 19.4. The van der Waals surface area contributed by atoms with E-state index in [1.54, 1.807) is 0 Å². The Morgan fingerprint density at radius 2 is 1.96 bits per heavy atom. The molecule has 1 aliphatic carbocycles. The summed E-state index contributed by atoms with van der Waals surface area (Å²) in [5.74, 6) is -1.11. The highest BCUT2D eigenvalue weighted by Crippen LogP contribution is 2.48. The summed E-state index contributed by atoms with van der Waals surface area (Å²) in [6, 6.07) is 4.24. The molecule has 8 heteroatoms. The SMILES string of the molecule is O=C(CN1C[C@@H]2CCC[C@@]2(C(=O)O)C1)Nc1ccc(C(F)(F)F)cc1. The molecule has 2 atom stereocenters. The van der Waals surface area contributed by atoms with E-state index in [9.17, 15) is 27.9 Å². The van der Waals surface area contributed by atoms with Gasteiger partial charge in [-0.05, 0) is 43.0 Å². The first-order chi connectivity index (χ1) is 11.7. The van der Waals surface area contributed by atoms with Crippen molar-refractivity contribution in [2.24, 2.45) is 11.3 Å². The molecule has 5 nitrogen and oxygen atoms in total. The lowest BCUT2D eigenvalue weighted by Crippen LogP contribution is -2.37. The third-order valence-corrected chi connectivity index (χ3v) is 5.23. The van der Waals surface area contributed by atoms with Gasteiger partial charge in [0.2, 0.25) is 5.91 Å². The zero-order valence-corrected chi connectivity index (χ0v) is 13.5. The van der Waals surface area contributed by atoms with Gasteiger partial charge < -0.3 is 10.4 Å². The Bertz CT molecular complexity index is 675. The normalized spacial score (nSPS) is 26.4. The smallest absolute Gasteiger partial charge is 0.416 e. The second kappa shape index (κ2) is 6.33. The van der Waals surface area contributed by atoms with Crippen molar-refractivity contribution in [3.8, 4) is 0 Å². The molecule has 0 unspecified atom stereocenters. The summed E-state index contributed by atoms with van der Waals surface area (Å²) in [4.78, 5) is 25.6. The Labute approximate surface area is 142 Å². The number of aliphatic carboxylic acids is 1. The zero-order valence-electron chi connectivity index (χ0n) is 13.5. The van der Waals surface area contributed by atoms with E-state index in [0.717, 1.165) is 25.0 Å². The van der Waals surface area contributed by atoms with Gasteiger partial charge in [-0.2, -0.15) is 13.2 Å². The number of rotatable bonds is 4. The van der Waals surface area contributed by atoms with Gasteiger partial charge in [-0.15, -0.1) is 0 Å². The number of carbonyl (C=O) groups excluding carboxylic acids is 1. The van der Waals surface area contributed by atoms with Crippen LogP contribution in [0.4, 0.5) is 18.9 Å². The first-order valence-corrected chi connectivity index (χ1v) is 8.13. The molecule has 0 bridgehead atoms. The first kappa shape index (κ1) is 17.7. The molecule has 2 aliphatic rings. The van der Waals surface area contributed by atoms with Crippen molar-refractivity contribution < 1.29 is 27.9 Å². The Morgan fingerprint density at radius 1 is 1.28 bits per heavy atom. The highest BCUT2D eigenvalue weighted by molar-refractivity contribution is 5.92. The van der Waals surface area contributed by atoms with E-state index in [4.69, 9.17) is 0 Å². The summed E-state index contributed by atoms with van der Waals surface area (Å²) in [7, 11) is 0. The van der Waals surface area contributed by atoms with E-state index in [-0.39, 0.29) is 24.1 Å². The van der Waals surface area contributed by atoms with Crippen LogP contribution in [0.15, 0.2) is 24.3 Å². The van der Waals surface area contributed by atoms with E-state index in [2.05, 4.69) is 5.32 Å². The molecule has 1 aromatic carbocycles. The highest BCUT2D eigenvalue weighted by Gasteiger charge is 2.54. The lowest BCUT2D eigenvalue weighted by atomic mass is 9.81. The van der Waals surface area contributed by atoms with Gasteiger partial charge in [0.1, 0.15) is 0 Å². The van der Waals surface area contributed by atoms with Crippen LogP contribution >= 0.6 is 0 Å². The number of anilines is 1. The maximum absolute atomic E-state index is 12.5. The second-order valence-electron chi connectivity index (χ2n) is 6.84. The zero-order chi connectivity index (χ0) is 18.2. The van der Waals surface area contributed by atoms with Crippen LogP contribution in [0, 0.1) is 11.3 Å². The molecule has 0 radical (unpaired) electrons. The molecule has 136 valence electrons. The summed E-state index contributed by atoms with van der Waals surface area (Å²) < 4.78 is 37.6. The predicted octanol–water partition coefficient (Wildman–Crippen LogP) is 2.83. The van der Waals surface area contributed by atoms with Crippen molar-refractivity contribution in [1.82, 2.24) is 4.90 Å². The van der Waals surface area contributed by atoms with Crippen LogP contribution in [0.25, 0.3) is 0 Å². The molecular weight excluding hydrogens is 337 g/mol. The summed E-state index contributed by atoms with van der Waals surface area (Å²) in [5.41, 5.74) is -1.25. The van der Waals surface area contributed by atoms with Crippen molar-refractivity contribution in [1.29, 1.82) is 0 Å². The van der Waals surface area contributed by atoms with E-state index in [1.165, 1.54) is 12.1 Å². The number of benzene rings is 1. The summed E-state index contributed by atoms with van der Waals surface area (Å²) in [6.45, 7) is 0.937. The standard InChI is InChI=1S/C17H19F3N2O3/c18-17(19,20)11-3-5-13(6-4-11)21-14(23)9-22-8-12-2-1-7-16(12,10-22)15(24)25/h3-6,12H,1-2,7-10H2,(H,21,23)(H,24,25)/t12-,16+/m0/s1. The molecule has 1 saturated heterocycles. The molecule has 2 fully saturated rings. The van der Waals surface area contributed by atoms with Gasteiger partial charge in [-0.1, -0.05) is 6.42 Å². The number of carbonyl (C=O) groups is 2. The lowest BCUT2D eigenvalue weighted by molar-refractivity contribution is -0.149. The van der Waals surface area contributed by atoms with Gasteiger partial charge in [-0.3, -0.25) is 14.5 Å². The van der Waals surface area contributed by atoms with E-state index >= 15 is 0 Å². The van der Waals surface area contributed by atoms with Crippen molar-refractivity contribution in [3.63, 3.8) is 0 Å². The lowest BCUT2D eigenvalue weighted by Gasteiger charge is -2.23. The molecule has 1 aromatic rings. The minimum Gasteiger partial charge on any atom is -0.481 e. The molecule has 1 aliphatic heterocycles. The van der Waals surface area contributed by atoms with Gasteiger partial charge in [0, 0.05) is 18.8 Å². The number of nitrogens with zero attached hydrogens (tertiary/aromatic N) is 1. The molecular formula is C17H19F3N2O3. The molecule has 3 rings (SSSR count).